The molecule has 0 amide bonds. The predicted octanol–water partition coefficient (Wildman–Crippen LogP) is 1.82. The topological polar surface area (TPSA) is 55.0 Å². The quantitative estimate of drug-likeness (QED) is 0.892. The highest BCUT2D eigenvalue weighted by Gasteiger charge is 2.20. The van der Waals surface area contributed by atoms with E-state index in [0.29, 0.717) is 11.3 Å². The van der Waals surface area contributed by atoms with Crippen molar-refractivity contribution in [2.45, 2.75) is 12.5 Å². The second kappa shape index (κ2) is 4.93. The zero-order chi connectivity index (χ0) is 13.2. The monoisotopic (exact) mass is 258 g/mol. The van der Waals surface area contributed by atoms with E-state index in [1.165, 1.54) is 6.07 Å². The molecule has 1 saturated heterocycles. The molecular weight excluding hydrogens is 243 g/mol. The van der Waals surface area contributed by atoms with E-state index in [1.54, 1.807) is 24.3 Å². The van der Waals surface area contributed by atoms with Gasteiger partial charge < -0.3 is 10.6 Å². The van der Waals surface area contributed by atoms with E-state index in [1.807, 2.05) is 6.07 Å². The van der Waals surface area contributed by atoms with E-state index in [0.717, 1.165) is 25.3 Å². The summed E-state index contributed by atoms with van der Waals surface area (Å²) >= 11 is 0. The third-order valence-corrected chi connectivity index (χ3v) is 3.35. The van der Waals surface area contributed by atoms with Gasteiger partial charge in [0.2, 0.25) is 0 Å². The van der Waals surface area contributed by atoms with Gasteiger partial charge in [0.15, 0.2) is 5.82 Å². The van der Waals surface area contributed by atoms with Crippen molar-refractivity contribution in [3.63, 3.8) is 0 Å². The molecule has 4 nitrogen and oxygen atoms in total. The molecule has 0 radical (unpaired) electrons. The smallest absolute Gasteiger partial charge is 0.151 e. The van der Waals surface area contributed by atoms with Gasteiger partial charge in [-0.05, 0) is 30.7 Å². The molecule has 0 aliphatic carbocycles. The molecule has 2 aromatic rings. The number of halogens is 1. The lowest BCUT2D eigenvalue weighted by molar-refractivity contribution is 0.630. The van der Waals surface area contributed by atoms with Crippen molar-refractivity contribution in [1.29, 1.82) is 0 Å². The van der Waals surface area contributed by atoms with Gasteiger partial charge in [0.25, 0.3) is 0 Å². The Morgan fingerprint density at radius 1 is 1.16 bits per heavy atom. The maximum Gasteiger partial charge on any atom is 0.151 e. The second-order valence-electron chi connectivity index (χ2n) is 4.75. The Bertz CT molecular complexity index is 570. The fraction of sp³-hybridized carbons (Fsp3) is 0.286. The van der Waals surface area contributed by atoms with E-state index < -0.39 is 0 Å². The first-order chi connectivity index (χ1) is 9.24. The summed E-state index contributed by atoms with van der Waals surface area (Å²) in [6.07, 6.45) is 0.969. The van der Waals surface area contributed by atoms with Gasteiger partial charge in [0.05, 0.1) is 5.69 Å². The summed E-state index contributed by atoms with van der Waals surface area (Å²) in [5.74, 6) is 0.515. The average molecular weight is 258 g/mol. The van der Waals surface area contributed by atoms with Gasteiger partial charge in [-0.2, -0.15) is 0 Å². The van der Waals surface area contributed by atoms with Crippen LogP contribution < -0.4 is 10.6 Å². The van der Waals surface area contributed by atoms with Gasteiger partial charge in [-0.1, -0.05) is 12.1 Å². The van der Waals surface area contributed by atoms with Crippen molar-refractivity contribution in [1.82, 2.24) is 10.2 Å². The number of nitrogens with two attached hydrogens (primary N) is 1. The normalized spacial score (nSPS) is 18.8. The molecule has 19 heavy (non-hydrogen) atoms. The van der Waals surface area contributed by atoms with Crippen molar-refractivity contribution < 1.29 is 4.39 Å². The summed E-state index contributed by atoms with van der Waals surface area (Å²) in [4.78, 5) is 2.10. The lowest BCUT2D eigenvalue weighted by atomic mass is 10.1. The number of anilines is 1. The Hall–Kier alpha value is -2.01. The van der Waals surface area contributed by atoms with Crippen LogP contribution in [0.15, 0.2) is 36.4 Å². The summed E-state index contributed by atoms with van der Waals surface area (Å²) in [5.41, 5.74) is 6.88. The standard InChI is InChI=1S/C14H15FN4/c15-12-4-2-1-3-11(12)13-5-6-14(18-17-13)19-8-7-10(16)9-19/h1-6,10H,7-9,16H2/t10-/m1/s1. The van der Waals surface area contributed by atoms with Crippen LogP contribution in [0.2, 0.25) is 0 Å². The number of hydrogen-bond donors (Lipinski definition) is 1. The van der Waals surface area contributed by atoms with Crippen molar-refractivity contribution in [2.24, 2.45) is 5.73 Å². The number of rotatable bonds is 2. The first kappa shape index (κ1) is 12.0. The van der Waals surface area contributed by atoms with Crippen LogP contribution in [0.25, 0.3) is 11.3 Å². The molecule has 0 bridgehead atoms. The fourth-order valence-corrected chi connectivity index (χ4v) is 2.30. The fourth-order valence-electron chi connectivity index (χ4n) is 2.30. The first-order valence-corrected chi connectivity index (χ1v) is 6.33. The van der Waals surface area contributed by atoms with Gasteiger partial charge in [0, 0.05) is 24.7 Å². The van der Waals surface area contributed by atoms with Gasteiger partial charge in [0.1, 0.15) is 5.82 Å². The minimum Gasteiger partial charge on any atom is -0.354 e. The molecule has 1 aromatic heterocycles. The van der Waals surface area contributed by atoms with Crippen molar-refractivity contribution in [2.75, 3.05) is 18.0 Å². The molecular formula is C14H15FN4. The van der Waals surface area contributed by atoms with E-state index in [2.05, 4.69) is 15.1 Å². The molecule has 0 spiro atoms. The van der Waals surface area contributed by atoms with Crippen molar-refractivity contribution in [3.8, 4) is 11.3 Å². The molecule has 98 valence electrons. The average Bonchev–Trinajstić information content (AvgIpc) is 2.86. The lowest BCUT2D eigenvalue weighted by Crippen LogP contribution is -2.27. The molecule has 2 heterocycles. The summed E-state index contributed by atoms with van der Waals surface area (Å²) in [6.45, 7) is 1.70. The van der Waals surface area contributed by atoms with Crippen LogP contribution in [0, 0.1) is 5.82 Å². The first-order valence-electron chi connectivity index (χ1n) is 6.33. The summed E-state index contributed by atoms with van der Waals surface area (Å²) in [6, 6.07) is 10.4. The number of nitrogens with zero attached hydrogens (tertiary/aromatic N) is 3. The number of benzene rings is 1. The summed E-state index contributed by atoms with van der Waals surface area (Å²) in [5, 5.41) is 8.27. The van der Waals surface area contributed by atoms with Crippen LogP contribution in [-0.2, 0) is 0 Å². The predicted molar refractivity (Wildman–Crippen MR) is 72.2 cm³/mol. The van der Waals surface area contributed by atoms with Crippen LogP contribution in [0.5, 0.6) is 0 Å². The molecule has 1 fully saturated rings. The highest BCUT2D eigenvalue weighted by Crippen LogP contribution is 2.22. The minimum absolute atomic E-state index is 0.202. The largest absolute Gasteiger partial charge is 0.354 e. The minimum atomic E-state index is -0.284. The van der Waals surface area contributed by atoms with E-state index >= 15 is 0 Å². The molecule has 1 atom stereocenters. The zero-order valence-corrected chi connectivity index (χ0v) is 10.5. The molecule has 1 aliphatic rings. The lowest BCUT2D eigenvalue weighted by Gasteiger charge is -2.15. The van der Waals surface area contributed by atoms with Crippen LogP contribution in [0.4, 0.5) is 10.2 Å². The van der Waals surface area contributed by atoms with Gasteiger partial charge in [-0.15, -0.1) is 10.2 Å². The van der Waals surface area contributed by atoms with Crippen molar-refractivity contribution >= 4 is 5.82 Å². The third-order valence-electron chi connectivity index (χ3n) is 3.35. The maximum atomic E-state index is 13.6. The molecule has 2 N–H and O–H groups in total. The van der Waals surface area contributed by atoms with E-state index in [4.69, 9.17) is 5.73 Å². The Morgan fingerprint density at radius 2 is 2.00 bits per heavy atom. The molecule has 0 unspecified atom stereocenters. The maximum absolute atomic E-state index is 13.6. The summed E-state index contributed by atoms with van der Waals surface area (Å²) in [7, 11) is 0. The Morgan fingerprint density at radius 3 is 2.63 bits per heavy atom. The van der Waals surface area contributed by atoms with E-state index in [-0.39, 0.29) is 11.9 Å². The zero-order valence-electron chi connectivity index (χ0n) is 10.5. The number of aromatic nitrogens is 2. The Balaban J connectivity index is 1.85. The summed E-state index contributed by atoms with van der Waals surface area (Å²) < 4.78 is 13.6. The van der Waals surface area contributed by atoms with Gasteiger partial charge >= 0.3 is 0 Å². The van der Waals surface area contributed by atoms with Crippen LogP contribution >= 0.6 is 0 Å². The van der Waals surface area contributed by atoms with Gasteiger partial charge in [-0.3, -0.25) is 0 Å². The molecule has 5 heteroatoms. The Labute approximate surface area is 111 Å². The highest BCUT2D eigenvalue weighted by atomic mass is 19.1. The molecule has 0 saturated carbocycles. The molecule has 1 aromatic carbocycles. The van der Waals surface area contributed by atoms with E-state index in [9.17, 15) is 4.39 Å². The SMILES string of the molecule is N[C@@H]1CCN(c2ccc(-c3ccccc3F)nn2)C1. The number of hydrogen-bond acceptors (Lipinski definition) is 4. The van der Waals surface area contributed by atoms with Crippen LogP contribution in [-0.4, -0.2) is 29.3 Å². The molecule has 3 rings (SSSR count). The molecule has 1 aliphatic heterocycles. The highest BCUT2D eigenvalue weighted by molar-refractivity contribution is 5.60. The third kappa shape index (κ3) is 2.42. The van der Waals surface area contributed by atoms with Crippen molar-refractivity contribution in [3.05, 3.63) is 42.2 Å². The second-order valence-corrected chi connectivity index (χ2v) is 4.75. The van der Waals surface area contributed by atoms with Crippen LogP contribution in [0.1, 0.15) is 6.42 Å². The van der Waals surface area contributed by atoms with Gasteiger partial charge in [-0.25, -0.2) is 4.39 Å². The van der Waals surface area contributed by atoms with Crippen LogP contribution in [0.3, 0.4) is 0 Å². The Kier molecular flexibility index (Phi) is 3.13.